The Hall–Kier alpha value is -1.28. The highest BCUT2D eigenvalue weighted by Gasteiger charge is 2.07. The monoisotopic (exact) mass is 178 g/mol. The van der Waals surface area contributed by atoms with Gasteiger partial charge < -0.3 is 4.52 Å². The van der Waals surface area contributed by atoms with Gasteiger partial charge in [0.2, 0.25) is 0 Å². The van der Waals surface area contributed by atoms with Crippen molar-refractivity contribution in [3.05, 3.63) is 41.6 Å². The van der Waals surface area contributed by atoms with Crippen molar-refractivity contribution >= 4 is 11.6 Å². The summed E-state index contributed by atoms with van der Waals surface area (Å²) in [7, 11) is 0. The van der Waals surface area contributed by atoms with Crippen LogP contribution in [0, 0.1) is 6.20 Å². The lowest BCUT2D eigenvalue weighted by atomic mass is 10.2. The average Bonchev–Trinajstić information content (AvgIpc) is 2.53. The fourth-order valence-electron chi connectivity index (χ4n) is 0.968. The maximum atomic E-state index is 5.76. The van der Waals surface area contributed by atoms with E-state index in [1.807, 2.05) is 30.3 Å². The average molecular weight is 179 g/mol. The van der Waals surface area contributed by atoms with Gasteiger partial charge in [0.05, 0.1) is 0 Å². The molecule has 0 spiro atoms. The number of nitrogens with zero attached hydrogens (tertiary/aromatic N) is 1. The number of rotatable bonds is 1. The molecular weight excluding hydrogens is 174 g/mol. The third kappa shape index (κ3) is 1.21. The Morgan fingerprint density at radius 1 is 1.25 bits per heavy atom. The molecule has 0 saturated carbocycles. The second-order valence-corrected chi connectivity index (χ2v) is 2.68. The molecule has 2 nitrogen and oxygen atoms in total. The van der Waals surface area contributed by atoms with Crippen LogP contribution in [0.15, 0.2) is 34.9 Å². The first-order chi connectivity index (χ1) is 5.88. The Labute approximate surface area is 74.8 Å². The highest BCUT2D eigenvalue weighted by atomic mass is 35.5. The minimum absolute atomic E-state index is 0.418. The van der Waals surface area contributed by atoms with Gasteiger partial charge in [-0.1, -0.05) is 47.1 Å². The van der Waals surface area contributed by atoms with Gasteiger partial charge >= 0.3 is 0 Å². The molecule has 0 atom stereocenters. The van der Waals surface area contributed by atoms with Crippen molar-refractivity contribution in [2.75, 3.05) is 0 Å². The van der Waals surface area contributed by atoms with Gasteiger partial charge in [0, 0.05) is 5.56 Å². The van der Waals surface area contributed by atoms with E-state index < -0.39 is 0 Å². The molecule has 0 aliphatic rings. The van der Waals surface area contributed by atoms with Crippen molar-refractivity contribution < 1.29 is 4.52 Å². The molecule has 1 aromatic heterocycles. The van der Waals surface area contributed by atoms with E-state index in [1.165, 1.54) is 0 Å². The van der Waals surface area contributed by atoms with E-state index in [0.717, 1.165) is 5.56 Å². The Morgan fingerprint density at radius 2 is 2.00 bits per heavy atom. The van der Waals surface area contributed by atoms with Gasteiger partial charge in [-0.3, -0.25) is 0 Å². The zero-order valence-corrected chi connectivity index (χ0v) is 6.88. The van der Waals surface area contributed by atoms with Crippen molar-refractivity contribution in [1.82, 2.24) is 5.16 Å². The van der Waals surface area contributed by atoms with Crippen LogP contribution < -0.4 is 0 Å². The summed E-state index contributed by atoms with van der Waals surface area (Å²) in [5.74, 6) is 0.567. The second kappa shape index (κ2) is 2.99. The Balaban J connectivity index is 2.51. The summed E-state index contributed by atoms with van der Waals surface area (Å²) in [5.41, 5.74) is 0.913. The molecule has 1 radical (unpaired) electrons. The smallest absolute Gasteiger partial charge is 0.186 e. The molecule has 0 saturated heterocycles. The van der Waals surface area contributed by atoms with E-state index >= 15 is 0 Å². The van der Waals surface area contributed by atoms with E-state index in [9.17, 15) is 0 Å². The van der Waals surface area contributed by atoms with Crippen molar-refractivity contribution in [2.24, 2.45) is 0 Å². The van der Waals surface area contributed by atoms with Crippen LogP contribution >= 0.6 is 11.6 Å². The highest BCUT2D eigenvalue weighted by Crippen LogP contribution is 2.26. The minimum Gasteiger partial charge on any atom is -0.354 e. The number of halogens is 1. The topological polar surface area (TPSA) is 26.0 Å². The largest absolute Gasteiger partial charge is 0.354 e. The molecule has 2 aromatic rings. The van der Waals surface area contributed by atoms with Crippen LogP contribution in [0.2, 0.25) is 5.02 Å². The number of hydrogen-bond donors (Lipinski definition) is 0. The fraction of sp³-hybridized carbons (Fsp3) is 0. The van der Waals surface area contributed by atoms with Gasteiger partial charge in [-0.2, -0.15) is 0 Å². The van der Waals surface area contributed by atoms with Crippen LogP contribution in [0.5, 0.6) is 0 Å². The summed E-state index contributed by atoms with van der Waals surface area (Å²) in [6.45, 7) is 0. The molecule has 0 N–H and O–H groups in total. The number of benzene rings is 1. The van der Waals surface area contributed by atoms with Gasteiger partial charge in [0.15, 0.2) is 12.0 Å². The summed E-state index contributed by atoms with van der Waals surface area (Å²) in [6.07, 6.45) is 2.52. The van der Waals surface area contributed by atoms with E-state index in [-0.39, 0.29) is 0 Å². The zero-order chi connectivity index (χ0) is 8.39. The molecule has 0 aliphatic heterocycles. The van der Waals surface area contributed by atoms with E-state index in [1.54, 1.807) is 0 Å². The summed E-state index contributed by atoms with van der Waals surface area (Å²) in [6, 6.07) is 9.56. The highest BCUT2D eigenvalue weighted by molar-refractivity contribution is 6.32. The SMILES string of the molecule is Clc1[c]noc1-c1ccccc1. The maximum Gasteiger partial charge on any atom is 0.186 e. The third-order valence-electron chi connectivity index (χ3n) is 1.52. The van der Waals surface area contributed by atoms with Crippen LogP contribution in [-0.4, -0.2) is 5.16 Å². The molecule has 0 bridgehead atoms. The maximum absolute atomic E-state index is 5.76. The lowest BCUT2D eigenvalue weighted by molar-refractivity contribution is 0.431. The molecule has 3 heteroatoms. The molecule has 0 unspecified atom stereocenters. The molecule has 59 valence electrons. The second-order valence-electron chi connectivity index (χ2n) is 2.30. The Bertz CT molecular complexity index is 369. The zero-order valence-electron chi connectivity index (χ0n) is 6.12. The van der Waals surface area contributed by atoms with Gasteiger partial charge in [-0.05, 0) is 0 Å². The normalized spacial score (nSPS) is 10.1. The molecule has 1 heterocycles. The predicted molar refractivity (Wildman–Crippen MR) is 45.8 cm³/mol. The van der Waals surface area contributed by atoms with Gasteiger partial charge in [0.25, 0.3) is 0 Å². The van der Waals surface area contributed by atoms with Crippen molar-refractivity contribution in [3.63, 3.8) is 0 Å². The molecule has 2 rings (SSSR count). The van der Waals surface area contributed by atoms with Gasteiger partial charge in [-0.25, -0.2) is 0 Å². The number of aromatic nitrogens is 1. The van der Waals surface area contributed by atoms with Crippen LogP contribution in [0.4, 0.5) is 0 Å². The first kappa shape index (κ1) is 7.37. The van der Waals surface area contributed by atoms with Crippen molar-refractivity contribution in [2.45, 2.75) is 0 Å². The van der Waals surface area contributed by atoms with Crippen LogP contribution in [-0.2, 0) is 0 Å². The molecule has 12 heavy (non-hydrogen) atoms. The fourth-order valence-corrected chi connectivity index (χ4v) is 1.15. The summed E-state index contributed by atoms with van der Waals surface area (Å²) in [5, 5.41) is 3.88. The Kier molecular flexibility index (Phi) is 1.84. The number of hydrogen-bond acceptors (Lipinski definition) is 2. The lowest BCUT2D eigenvalue weighted by Crippen LogP contribution is -1.71. The first-order valence-corrected chi connectivity index (χ1v) is 3.84. The standard InChI is InChI=1S/C9H5ClNO/c10-8-6-11-12-9(8)7-4-2-1-3-5-7/h1-5H. The van der Waals surface area contributed by atoms with Crippen LogP contribution in [0.25, 0.3) is 11.3 Å². The van der Waals surface area contributed by atoms with Crippen LogP contribution in [0.3, 0.4) is 0 Å². The molecule has 0 aliphatic carbocycles. The van der Waals surface area contributed by atoms with E-state index in [2.05, 4.69) is 11.4 Å². The summed E-state index contributed by atoms with van der Waals surface area (Å²) < 4.78 is 4.91. The first-order valence-electron chi connectivity index (χ1n) is 3.46. The molecular formula is C9H5ClNO. The third-order valence-corrected chi connectivity index (χ3v) is 1.77. The summed E-state index contributed by atoms with van der Waals surface area (Å²) >= 11 is 5.76. The van der Waals surface area contributed by atoms with E-state index in [4.69, 9.17) is 16.1 Å². The van der Waals surface area contributed by atoms with Crippen molar-refractivity contribution in [3.8, 4) is 11.3 Å². The predicted octanol–water partition coefficient (Wildman–Crippen LogP) is 2.80. The molecule has 0 amide bonds. The molecule has 1 aromatic carbocycles. The Morgan fingerprint density at radius 3 is 2.58 bits per heavy atom. The summed E-state index contributed by atoms with van der Waals surface area (Å²) in [4.78, 5) is 0. The van der Waals surface area contributed by atoms with E-state index in [0.29, 0.717) is 10.8 Å². The van der Waals surface area contributed by atoms with Gasteiger partial charge in [0.1, 0.15) is 5.02 Å². The van der Waals surface area contributed by atoms with Crippen molar-refractivity contribution in [1.29, 1.82) is 0 Å². The minimum atomic E-state index is 0.418. The quantitative estimate of drug-likeness (QED) is 0.671. The van der Waals surface area contributed by atoms with Crippen LogP contribution in [0.1, 0.15) is 0 Å². The molecule has 0 fully saturated rings. The lowest BCUT2D eigenvalue weighted by Gasteiger charge is -1.93. The van der Waals surface area contributed by atoms with Gasteiger partial charge in [-0.15, -0.1) is 0 Å².